The van der Waals surface area contributed by atoms with Gasteiger partial charge in [-0.1, -0.05) is 0 Å². The van der Waals surface area contributed by atoms with Gasteiger partial charge >= 0.3 is 5.97 Å². The number of carbonyl (C=O) groups is 2. The second-order valence-corrected chi connectivity index (χ2v) is 4.83. The Morgan fingerprint density at radius 1 is 1.50 bits per heavy atom. The minimum absolute atomic E-state index is 0.309. The molecule has 5 nitrogen and oxygen atoms in total. The molecule has 0 unspecified atom stereocenters. The highest BCUT2D eigenvalue weighted by atomic mass is 32.1. The van der Waals surface area contributed by atoms with Crippen molar-refractivity contribution in [2.75, 3.05) is 7.05 Å². The first-order valence-electron chi connectivity index (χ1n) is 4.11. The molecule has 0 aromatic carbocycles. The number of aliphatic carboxylic acids is 1. The van der Waals surface area contributed by atoms with Crippen LogP contribution < -0.4 is 5.43 Å². The fourth-order valence-electron chi connectivity index (χ4n) is 1.25. The second-order valence-electron chi connectivity index (χ2n) is 3.67. The molecule has 1 atom stereocenters. The predicted molar refractivity (Wildman–Crippen MR) is 56.1 cm³/mol. The second kappa shape index (κ2) is 4.65. The summed E-state index contributed by atoms with van der Waals surface area (Å²) >= 11 is 4.18. The van der Waals surface area contributed by atoms with E-state index in [-0.39, 0.29) is 5.91 Å². The van der Waals surface area contributed by atoms with Crippen molar-refractivity contribution in [1.82, 2.24) is 10.4 Å². The number of hydrogen-bond donors (Lipinski definition) is 3. The Kier molecular flexibility index (Phi) is 4.41. The summed E-state index contributed by atoms with van der Waals surface area (Å²) in [7, 11) is 1.50. The monoisotopic (exact) mass is 220 g/mol. The van der Waals surface area contributed by atoms with E-state index in [4.69, 9.17) is 5.11 Å². The van der Waals surface area contributed by atoms with Crippen LogP contribution in [0.25, 0.3) is 0 Å². The van der Waals surface area contributed by atoms with Crippen LogP contribution >= 0.6 is 12.6 Å². The SMILES string of the molecule is CC(=O)NN(C)[C@@H](C(=O)O)C(C)(C)S. The summed E-state index contributed by atoms with van der Waals surface area (Å²) in [5, 5.41) is 10.2. The van der Waals surface area contributed by atoms with Crippen LogP contribution in [0.3, 0.4) is 0 Å². The summed E-state index contributed by atoms with van der Waals surface area (Å²) in [6.45, 7) is 4.67. The van der Waals surface area contributed by atoms with Crippen molar-refractivity contribution in [2.45, 2.75) is 31.6 Å². The zero-order valence-corrected chi connectivity index (χ0v) is 9.63. The average molecular weight is 220 g/mol. The van der Waals surface area contributed by atoms with Gasteiger partial charge in [0.1, 0.15) is 6.04 Å². The van der Waals surface area contributed by atoms with Gasteiger partial charge in [-0.2, -0.15) is 12.6 Å². The molecule has 0 heterocycles. The lowest BCUT2D eigenvalue weighted by atomic mass is 10.0. The first kappa shape index (κ1) is 13.2. The van der Waals surface area contributed by atoms with E-state index < -0.39 is 16.8 Å². The summed E-state index contributed by atoms with van der Waals surface area (Å²) < 4.78 is -0.747. The zero-order chi connectivity index (χ0) is 11.5. The molecule has 0 spiro atoms. The molecule has 0 rings (SSSR count). The number of thiol groups is 1. The smallest absolute Gasteiger partial charge is 0.324 e. The number of carboxylic acid groups (broad SMARTS) is 1. The highest BCUT2D eigenvalue weighted by Crippen LogP contribution is 2.21. The van der Waals surface area contributed by atoms with Crippen LogP contribution in [-0.4, -0.2) is 39.8 Å². The van der Waals surface area contributed by atoms with Gasteiger partial charge in [-0.05, 0) is 13.8 Å². The minimum atomic E-state index is -1.03. The van der Waals surface area contributed by atoms with Crippen molar-refractivity contribution in [3.63, 3.8) is 0 Å². The molecular formula is C8H16N2O3S. The normalized spacial score (nSPS) is 13.9. The van der Waals surface area contributed by atoms with Crippen LogP contribution in [0.5, 0.6) is 0 Å². The van der Waals surface area contributed by atoms with Gasteiger partial charge < -0.3 is 5.11 Å². The molecule has 82 valence electrons. The highest BCUT2D eigenvalue weighted by Gasteiger charge is 2.36. The van der Waals surface area contributed by atoms with Gasteiger partial charge in [-0.15, -0.1) is 0 Å². The Bertz CT molecular complexity index is 237. The molecule has 0 bridgehead atoms. The molecule has 0 aliphatic carbocycles. The van der Waals surface area contributed by atoms with Crippen molar-refractivity contribution in [3.8, 4) is 0 Å². The van der Waals surface area contributed by atoms with E-state index in [1.54, 1.807) is 13.8 Å². The number of likely N-dealkylation sites (N-methyl/N-ethyl adjacent to an activating group) is 1. The molecular weight excluding hydrogens is 204 g/mol. The Labute approximate surface area is 88.8 Å². The molecule has 0 saturated heterocycles. The molecule has 0 aliphatic heterocycles. The maximum absolute atomic E-state index is 10.9. The summed E-state index contributed by atoms with van der Waals surface area (Å²) in [5.41, 5.74) is 2.40. The zero-order valence-electron chi connectivity index (χ0n) is 8.74. The summed E-state index contributed by atoms with van der Waals surface area (Å²) in [6, 6.07) is -0.880. The molecule has 2 N–H and O–H groups in total. The quantitative estimate of drug-likeness (QED) is 0.465. The standard InChI is InChI=1S/C8H16N2O3S/c1-5(11)9-10(4)6(7(12)13)8(2,3)14/h6,14H,1-4H3,(H,9,11)(H,12,13)/t6-/m0/s1. The van der Waals surface area contributed by atoms with Gasteiger partial charge in [-0.25, -0.2) is 5.01 Å². The lowest BCUT2D eigenvalue weighted by Gasteiger charge is -2.33. The van der Waals surface area contributed by atoms with Crippen LogP contribution in [0.1, 0.15) is 20.8 Å². The number of rotatable bonds is 4. The van der Waals surface area contributed by atoms with E-state index in [0.717, 1.165) is 0 Å². The fourth-order valence-corrected chi connectivity index (χ4v) is 1.54. The third kappa shape index (κ3) is 3.97. The first-order valence-corrected chi connectivity index (χ1v) is 4.56. The van der Waals surface area contributed by atoms with Crippen molar-refractivity contribution in [2.24, 2.45) is 0 Å². The van der Waals surface area contributed by atoms with Gasteiger partial charge in [0.05, 0.1) is 0 Å². The molecule has 0 aromatic heterocycles. The number of hydrogen-bond acceptors (Lipinski definition) is 4. The Morgan fingerprint density at radius 2 is 1.93 bits per heavy atom. The highest BCUT2D eigenvalue weighted by molar-refractivity contribution is 7.81. The summed E-state index contributed by atoms with van der Waals surface area (Å²) in [4.78, 5) is 21.7. The van der Waals surface area contributed by atoms with Crippen LogP contribution in [0.2, 0.25) is 0 Å². The topological polar surface area (TPSA) is 69.6 Å². The van der Waals surface area contributed by atoms with Gasteiger partial charge in [0, 0.05) is 18.7 Å². The van der Waals surface area contributed by atoms with Gasteiger partial charge in [0.25, 0.3) is 0 Å². The van der Waals surface area contributed by atoms with Crippen molar-refractivity contribution in [1.29, 1.82) is 0 Å². The first-order chi connectivity index (χ1) is 6.16. The van der Waals surface area contributed by atoms with Crippen molar-refractivity contribution in [3.05, 3.63) is 0 Å². The maximum Gasteiger partial charge on any atom is 0.324 e. The fraction of sp³-hybridized carbons (Fsp3) is 0.750. The van der Waals surface area contributed by atoms with E-state index >= 15 is 0 Å². The number of carbonyl (C=O) groups excluding carboxylic acids is 1. The number of hydrazine groups is 1. The Hall–Kier alpha value is -0.750. The number of carboxylic acids is 1. The number of nitrogens with zero attached hydrogens (tertiary/aromatic N) is 1. The van der Waals surface area contributed by atoms with Gasteiger partial charge in [0.15, 0.2) is 0 Å². The molecule has 0 radical (unpaired) electrons. The summed E-state index contributed by atoms with van der Waals surface area (Å²) in [6.07, 6.45) is 0. The van der Waals surface area contributed by atoms with Crippen LogP contribution in [0, 0.1) is 0 Å². The van der Waals surface area contributed by atoms with Crippen molar-refractivity contribution >= 4 is 24.5 Å². The molecule has 14 heavy (non-hydrogen) atoms. The van der Waals surface area contributed by atoms with E-state index in [0.29, 0.717) is 0 Å². The summed E-state index contributed by atoms with van der Waals surface area (Å²) in [5.74, 6) is -1.34. The third-order valence-electron chi connectivity index (χ3n) is 1.62. The molecule has 1 amide bonds. The number of nitrogens with one attached hydrogen (secondary N) is 1. The van der Waals surface area contributed by atoms with Gasteiger partial charge in [-0.3, -0.25) is 15.0 Å². The Balaban J connectivity index is 4.67. The predicted octanol–water partition coefficient (Wildman–Crippen LogP) is 0.131. The van der Waals surface area contributed by atoms with E-state index in [1.807, 2.05) is 0 Å². The maximum atomic E-state index is 10.9. The van der Waals surface area contributed by atoms with Crippen molar-refractivity contribution < 1.29 is 14.7 Å². The molecule has 0 saturated carbocycles. The van der Waals surface area contributed by atoms with Crippen LogP contribution in [0.4, 0.5) is 0 Å². The Morgan fingerprint density at radius 3 is 2.14 bits per heavy atom. The van der Waals surface area contributed by atoms with Crippen LogP contribution in [-0.2, 0) is 9.59 Å². The number of amides is 1. The van der Waals surface area contributed by atoms with Crippen LogP contribution in [0.15, 0.2) is 0 Å². The average Bonchev–Trinajstić information content (AvgIpc) is 1.78. The lowest BCUT2D eigenvalue weighted by Crippen LogP contribution is -2.56. The molecule has 0 aromatic rings. The molecule has 0 aliphatic rings. The van der Waals surface area contributed by atoms with E-state index in [1.165, 1.54) is 19.0 Å². The van der Waals surface area contributed by atoms with E-state index in [9.17, 15) is 9.59 Å². The molecule has 6 heteroatoms. The van der Waals surface area contributed by atoms with E-state index in [2.05, 4.69) is 18.1 Å². The molecule has 0 fully saturated rings. The minimum Gasteiger partial charge on any atom is -0.480 e. The lowest BCUT2D eigenvalue weighted by molar-refractivity contribution is -0.146. The third-order valence-corrected chi connectivity index (χ3v) is 1.87. The largest absolute Gasteiger partial charge is 0.480 e. The van der Waals surface area contributed by atoms with Gasteiger partial charge in [0.2, 0.25) is 5.91 Å².